The molecule has 23 heavy (non-hydrogen) atoms. The summed E-state index contributed by atoms with van der Waals surface area (Å²) in [6.45, 7) is 2.10. The summed E-state index contributed by atoms with van der Waals surface area (Å²) in [5, 5.41) is 16.2. The molecule has 0 heterocycles. The fourth-order valence-electron chi connectivity index (χ4n) is 1.96. The quantitative estimate of drug-likeness (QED) is 0.326. The fourth-order valence-corrected chi connectivity index (χ4v) is 2.19. The predicted octanol–water partition coefficient (Wildman–Crippen LogP) is 3.39. The van der Waals surface area contributed by atoms with Crippen LogP contribution in [0, 0.1) is 10.1 Å². The number of rotatable bonds is 8. The third-order valence-electron chi connectivity index (χ3n) is 3.15. The molecular formula is C15H21N3O4S. The summed E-state index contributed by atoms with van der Waals surface area (Å²) in [5.74, 6) is 0.221. The van der Waals surface area contributed by atoms with Crippen molar-refractivity contribution in [1.29, 1.82) is 0 Å². The van der Waals surface area contributed by atoms with Crippen molar-refractivity contribution in [2.45, 2.75) is 39.0 Å². The highest BCUT2D eigenvalue weighted by molar-refractivity contribution is 7.80. The molecule has 0 spiro atoms. The normalized spacial score (nSPS) is 10.0. The van der Waals surface area contributed by atoms with Crippen LogP contribution < -0.4 is 15.4 Å². The summed E-state index contributed by atoms with van der Waals surface area (Å²) >= 11 is 5.06. The van der Waals surface area contributed by atoms with Gasteiger partial charge in [0, 0.05) is 18.6 Å². The van der Waals surface area contributed by atoms with Gasteiger partial charge in [0.15, 0.2) is 5.11 Å². The van der Waals surface area contributed by atoms with Crippen LogP contribution >= 0.6 is 12.2 Å². The Balaban J connectivity index is 2.60. The first-order valence-electron chi connectivity index (χ1n) is 7.41. The number of nitro benzene ring substituents is 1. The molecule has 0 atom stereocenters. The number of hydrogen-bond donors (Lipinski definition) is 2. The van der Waals surface area contributed by atoms with Crippen molar-refractivity contribution >= 4 is 34.6 Å². The first-order valence-corrected chi connectivity index (χ1v) is 7.82. The second-order valence-electron chi connectivity index (χ2n) is 4.95. The summed E-state index contributed by atoms with van der Waals surface area (Å²) in [7, 11) is 1.45. The molecule has 1 amide bonds. The van der Waals surface area contributed by atoms with Gasteiger partial charge in [-0.2, -0.15) is 0 Å². The Morgan fingerprint density at radius 3 is 2.70 bits per heavy atom. The first-order chi connectivity index (χ1) is 11.0. The molecule has 7 nitrogen and oxygen atoms in total. The monoisotopic (exact) mass is 339 g/mol. The van der Waals surface area contributed by atoms with Crippen molar-refractivity contribution in [1.82, 2.24) is 5.32 Å². The van der Waals surface area contributed by atoms with Gasteiger partial charge in [-0.3, -0.25) is 14.9 Å². The summed E-state index contributed by atoms with van der Waals surface area (Å²) in [6, 6.07) is 4.10. The van der Waals surface area contributed by atoms with Gasteiger partial charge in [0.25, 0.3) is 5.69 Å². The molecule has 8 heteroatoms. The van der Waals surface area contributed by atoms with E-state index in [0.29, 0.717) is 17.9 Å². The summed E-state index contributed by atoms with van der Waals surface area (Å²) in [4.78, 5) is 22.1. The van der Waals surface area contributed by atoms with Crippen LogP contribution in [0.2, 0.25) is 0 Å². The van der Waals surface area contributed by atoms with E-state index in [4.69, 9.17) is 17.0 Å². The van der Waals surface area contributed by atoms with E-state index in [1.165, 1.54) is 25.3 Å². The van der Waals surface area contributed by atoms with E-state index in [2.05, 4.69) is 17.6 Å². The Kier molecular flexibility index (Phi) is 7.96. The molecule has 126 valence electrons. The first kappa shape index (κ1) is 18.8. The third-order valence-corrected chi connectivity index (χ3v) is 3.36. The number of nitrogens with zero attached hydrogens (tertiary/aromatic N) is 1. The molecule has 0 saturated heterocycles. The minimum atomic E-state index is -0.514. The molecule has 0 saturated carbocycles. The van der Waals surface area contributed by atoms with Gasteiger partial charge in [-0.05, 0) is 24.7 Å². The van der Waals surface area contributed by atoms with E-state index >= 15 is 0 Å². The second kappa shape index (κ2) is 9.73. The van der Waals surface area contributed by atoms with Crippen molar-refractivity contribution in [2.75, 3.05) is 12.4 Å². The maximum atomic E-state index is 11.8. The number of hydrogen-bond acceptors (Lipinski definition) is 5. The van der Waals surface area contributed by atoms with E-state index in [1.54, 1.807) is 0 Å². The smallest absolute Gasteiger partial charge is 0.271 e. The highest BCUT2D eigenvalue weighted by atomic mass is 32.1. The SMILES string of the molecule is CCCCCCC(=O)NC(=S)Nc1cc([N+](=O)[O-])ccc1OC. The second-order valence-corrected chi connectivity index (χ2v) is 5.36. The Hall–Kier alpha value is -2.22. The van der Waals surface area contributed by atoms with Crippen LogP contribution in [0.4, 0.5) is 11.4 Å². The lowest BCUT2D eigenvalue weighted by molar-refractivity contribution is -0.384. The summed E-state index contributed by atoms with van der Waals surface area (Å²) < 4.78 is 5.12. The van der Waals surface area contributed by atoms with Gasteiger partial charge in [-0.25, -0.2) is 0 Å². The third kappa shape index (κ3) is 6.60. The van der Waals surface area contributed by atoms with E-state index in [9.17, 15) is 14.9 Å². The van der Waals surface area contributed by atoms with Gasteiger partial charge in [0.1, 0.15) is 5.75 Å². The Labute approximate surface area is 140 Å². The van der Waals surface area contributed by atoms with E-state index < -0.39 is 4.92 Å². The number of ether oxygens (including phenoxy) is 1. The van der Waals surface area contributed by atoms with Crippen LogP contribution in [0.15, 0.2) is 18.2 Å². The number of carbonyl (C=O) groups excluding carboxylic acids is 1. The number of nitrogens with one attached hydrogen (secondary N) is 2. The average molecular weight is 339 g/mol. The Bertz CT molecular complexity index is 578. The molecule has 1 aromatic rings. The van der Waals surface area contributed by atoms with Gasteiger partial charge in [0.05, 0.1) is 17.7 Å². The molecule has 0 radical (unpaired) electrons. The van der Waals surface area contributed by atoms with Crippen LogP contribution in [0.25, 0.3) is 0 Å². The average Bonchev–Trinajstić information content (AvgIpc) is 2.51. The minimum Gasteiger partial charge on any atom is -0.495 e. The van der Waals surface area contributed by atoms with Crippen LogP contribution in [0.3, 0.4) is 0 Å². The zero-order valence-corrected chi connectivity index (χ0v) is 14.1. The molecule has 0 unspecified atom stereocenters. The number of unbranched alkanes of at least 4 members (excludes halogenated alkanes) is 3. The number of methoxy groups -OCH3 is 1. The zero-order chi connectivity index (χ0) is 17.2. The van der Waals surface area contributed by atoms with Crippen molar-refractivity contribution in [3.8, 4) is 5.75 Å². The van der Waals surface area contributed by atoms with Crippen LogP contribution in [-0.2, 0) is 4.79 Å². The lowest BCUT2D eigenvalue weighted by Crippen LogP contribution is -2.34. The number of non-ortho nitro benzene ring substituents is 1. The highest BCUT2D eigenvalue weighted by Gasteiger charge is 2.13. The van der Waals surface area contributed by atoms with Crippen LogP contribution in [0.1, 0.15) is 39.0 Å². The van der Waals surface area contributed by atoms with Crippen LogP contribution in [-0.4, -0.2) is 23.1 Å². The van der Waals surface area contributed by atoms with Crippen molar-refractivity contribution < 1.29 is 14.5 Å². The standard InChI is InChI=1S/C15H21N3O4S/c1-3-4-5-6-7-14(19)17-15(23)16-12-10-11(18(20)21)8-9-13(12)22-2/h8-10H,3-7H2,1-2H3,(H2,16,17,19,23). The highest BCUT2D eigenvalue weighted by Crippen LogP contribution is 2.28. The van der Waals surface area contributed by atoms with E-state index in [-0.39, 0.29) is 16.7 Å². The van der Waals surface area contributed by atoms with Gasteiger partial charge < -0.3 is 15.4 Å². The number of anilines is 1. The summed E-state index contributed by atoms with van der Waals surface area (Å²) in [6.07, 6.45) is 4.41. The van der Waals surface area contributed by atoms with E-state index in [1.807, 2.05) is 0 Å². The molecule has 0 aliphatic carbocycles. The van der Waals surface area contributed by atoms with Gasteiger partial charge in [-0.15, -0.1) is 0 Å². The van der Waals surface area contributed by atoms with Crippen molar-refractivity contribution in [3.05, 3.63) is 28.3 Å². The molecular weight excluding hydrogens is 318 g/mol. The number of amides is 1. The zero-order valence-electron chi connectivity index (χ0n) is 13.3. The number of thiocarbonyl (C=S) groups is 1. The van der Waals surface area contributed by atoms with Gasteiger partial charge >= 0.3 is 0 Å². The lowest BCUT2D eigenvalue weighted by atomic mass is 10.1. The largest absolute Gasteiger partial charge is 0.495 e. The molecule has 0 fully saturated rings. The molecule has 0 bridgehead atoms. The lowest BCUT2D eigenvalue weighted by Gasteiger charge is -2.12. The minimum absolute atomic E-state index is 0.0873. The van der Waals surface area contributed by atoms with Gasteiger partial charge in [-0.1, -0.05) is 26.2 Å². The van der Waals surface area contributed by atoms with Gasteiger partial charge in [0.2, 0.25) is 5.91 Å². The Morgan fingerprint density at radius 2 is 2.09 bits per heavy atom. The molecule has 1 aromatic carbocycles. The molecule has 2 N–H and O–H groups in total. The van der Waals surface area contributed by atoms with Crippen molar-refractivity contribution in [3.63, 3.8) is 0 Å². The number of carbonyl (C=O) groups is 1. The molecule has 0 aromatic heterocycles. The molecule has 0 aliphatic rings. The maximum Gasteiger partial charge on any atom is 0.271 e. The van der Waals surface area contributed by atoms with Crippen LogP contribution in [0.5, 0.6) is 5.75 Å². The van der Waals surface area contributed by atoms with E-state index in [0.717, 1.165) is 25.7 Å². The summed E-state index contributed by atoms with van der Waals surface area (Å²) in [5.41, 5.74) is 0.236. The number of nitro groups is 1. The fraction of sp³-hybridized carbons (Fsp3) is 0.467. The predicted molar refractivity (Wildman–Crippen MR) is 92.8 cm³/mol. The van der Waals surface area contributed by atoms with Crippen molar-refractivity contribution in [2.24, 2.45) is 0 Å². The Morgan fingerprint density at radius 1 is 1.35 bits per heavy atom. The molecule has 1 rings (SSSR count). The molecule has 0 aliphatic heterocycles. The topological polar surface area (TPSA) is 93.5 Å². The maximum absolute atomic E-state index is 11.8. The number of benzene rings is 1.